The van der Waals surface area contributed by atoms with Gasteiger partial charge in [0.1, 0.15) is 0 Å². The molecule has 176 valence electrons. The van der Waals surface area contributed by atoms with Crippen molar-refractivity contribution in [2.45, 2.75) is 25.2 Å². The molecule has 0 bridgehead atoms. The van der Waals surface area contributed by atoms with E-state index in [0.717, 1.165) is 43.4 Å². The molecular formula is C24H30N4O3S2. The van der Waals surface area contributed by atoms with Gasteiger partial charge in [-0.25, -0.2) is 13.4 Å². The molecule has 3 aromatic rings. The van der Waals surface area contributed by atoms with Crippen LogP contribution in [-0.2, 0) is 14.6 Å². The Kier molecular flexibility index (Phi) is 7.31. The Labute approximate surface area is 199 Å². The number of aromatic nitrogens is 1. The number of benzene rings is 2. The molecule has 1 aromatic heterocycles. The molecule has 0 unspecified atom stereocenters. The van der Waals surface area contributed by atoms with E-state index in [1.165, 1.54) is 15.8 Å². The Morgan fingerprint density at radius 3 is 2.55 bits per heavy atom. The van der Waals surface area contributed by atoms with Crippen molar-refractivity contribution in [3.8, 4) is 0 Å². The lowest BCUT2D eigenvalue weighted by Crippen LogP contribution is -2.48. The van der Waals surface area contributed by atoms with Crippen molar-refractivity contribution in [3.63, 3.8) is 0 Å². The third-order valence-electron chi connectivity index (χ3n) is 5.90. The lowest BCUT2D eigenvalue weighted by atomic mass is 10.1. The number of hydrogen-bond acceptors (Lipinski definition) is 7. The SMILES string of the molecule is Cc1cc(C)c2sc(N3CCN(CCNC(=O)CCS(=O)(=O)c4ccccc4)CC3)nc2c1. The van der Waals surface area contributed by atoms with E-state index in [4.69, 9.17) is 4.98 Å². The predicted molar refractivity (Wildman–Crippen MR) is 134 cm³/mol. The van der Waals surface area contributed by atoms with Crippen LogP contribution in [0.3, 0.4) is 0 Å². The highest BCUT2D eigenvalue weighted by Crippen LogP contribution is 2.32. The van der Waals surface area contributed by atoms with Crippen LogP contribution >= 0.6 is 11.3 Å². The summed E-state index contributed by atoms with van der Waals surface area (Å²) in [6.45, 7) is 9.14. The first-order chi connectivity index (χ1) is 15.8. The Morgan fingerprint density at radius 2 is 1.82 bits per heavy atom. The van der Waals surface area contributed by atoms with Gasteiger partial charge in [-0.1, -0.05) is 35.6 Å². The molecule has 1 saturated heterocycles. The van der Waals surface area contributed by atoms with Crippen LogP contribution in [0, 0.1) is 13.8 Å². The standard InChI is InChI=1S/C24H30N4O3S2/c1-18-16-19(2)23-21(17-18)26-24(32-23)28-13-11-27(12-14-28)10-9-25-22(29)8-15-33(30,31)20-6-4-3-5-7-20/h3-7,16-17H,8-15H2,1-2H3,(H,25,29). The number of anilines is 1. The molecule has 0 radical (unpaired) electrons. The Bertz CT molecular complexity index is 1220. The minimum Gasteiger partial charge on any atom is -0.355 e. The first-order valence-electron chi connectivity index (χ1n) is 11.2. The number of carbonyl (C=O) groups excluding carboxylic acids is 1. The molecule has 0 aliphatic carbocycles. The maximum Gasteiger partial charge on any atom is 0.221 e. The van der Waals surface area contributed by atoms with E-state index in [1.54, 1.807) is 41.7 Å². The van der Waals surface area contributed by atoms with Crippen molar-refractivity contribution >= 4 is 42.4 Å². The quantitative estimate of drug-likeness (QED) is 0.527. The fourth-order valence-electron chi connectivity index (χ4n) is 4.08. The van der Waals surface area contributed by atoms with Crippen LogP contribution in [0.4, 0.5) is 5.13 Å². The summed E-state index contributed by atoms with van der Waals surface area (Å²) >= 11 is 1.76. The van der Waals surface area contributed by atoms with E-state index in [0.29, 0.717) is 6.54 Å². The van der Waals surface area contributed by atoms with Gasteiger partial charge in [0.05, 0.1) is 20.9 Å². The zero-order chi connectivity index (χ0) is 23.4. The first-order valence-corrected chi connectivity index (χ1v) is 13.7. The number of fused-ring (bicyclic) bond motifs is 1. The predicted octanol–water partition coefficient (Wildman–Crippen LogP) is 3.02. The van der Waals surface area contributed by atoms with Crippen LogP contribution in [0.5, 0.6) is 0 Å². The molecule has 1 aliphatic rings. The molecule has 2 aromatic carbocycles. The molecule has 9 heteroatoms. The van der Waals surface area contributed by atoms with Gasteiger partial charge in [-0.3, -0.25) is 9.69 Å². The molecule has 0 spiro atoms. The summed E-state index contributed by atoms with van der Waals surface area (Å²) in [7, 11) is -3.43. The number of piperazine rings is 1. The lowest BCUT2D eigenvalue weighted by Gasteiger charge is -2.34. The number of hydrogen-bond donors (Lipinski definition) is 1. The third kappa shape index (κ3) is 5.90. The number of rotatable bonds is 8. The number of carbonyl (C=O) groups is 1. The van der Waals surface area contributed by atoms with E-state index in [2.05, 4.69) is 41.1 Å². The van der Waals surface area contributed by atoms with E-state index in [-0.39, 0.29) is 23.0 Å². The van der Waals surface area contributed by atoms with Gasteiger partial charge < -0.3 is 10.2 Å². The highest BCUT2D eigenvalue weighted by Gasteiger charge is 2.21. The summed E-state index contributed by atoms with van der Waals surface area (Å²) in [5.41, 5.74) is 3.59. The smallest absolute Gasteiger partial charge is 0.221 e. The second kappa shape index (κ2) is 10.2. The summed E-state index contributed by atoms with van der Waals surface area (Å²) in [5, 5.41) is 3.93. The Morgan fingerprint density at radius 1 is 1.09 bits per heavy atom. The van der Waals surface area contributed by atoms with Gasteiger partial charge in [-0.15, -0.1) is 0 Å². The minimum absolute atomic E-state index is 0.0263. The van der Waals surface area contributed by atoms with Gasteiger partial charge in [-0.2, -0.15) is 0 Å². The summed E-state index contributed by atoms with van der Waals surface area (Å²) in [6, 6.07) is 12.6. The van der Waals surface area contributed by atoms with E-state index < -0.39 is 9.84 Å². The molecule has 1 fully saturated rings. The van der Waals surface area contributed by atoms with Crippen molar-refractivity contribution < 1.29 is 13.2 Å². The number of thiazole rings is 1. The highest BCUT2D eigenvalue weighted by atomic mass is 32.2. The fraction of sp³-hybridized carbons (Fsp3) is 0.417. The van der Waals surface area contributed by atoms with Crippen molar-refractivity contribution in [2.24, 2.45) is 0 Å². The molecular weight excluding hydrogens is 456 g/mol. The number of nitrogens with zero attached hydrogens (tertiary/aromatic N) is 3. The van der Waals surface area contributed by atoms with Gasteiger partial charge in [0.25, 0.3) is 0 Å². The van der Waals surface area contributed by atoms with Gasteiger partial charge >= 0.3 is 0 Å². The van der Waals surface area contributed by atoms with Crippen molar-refractivity contribution in [1.29, 1.82) is 0 Å². The van der Waals surface area contributed by atoms with Crippen LogP contribution in [0.25, 0.3) is 10.2 Å². The molecule has 1 amide bonds. The molecule has 0 saturated carbocycles. The highest BCUT2D eigenvalue weighted by molar-refractivity contribution is 7.91. The summed E-state index contributed by atoms with van der Waals surface area (Å²) < 4.78 is 25.9. The van der Waals surface area contributed by atoms with E-state index in [9.17, 15) is 13.2 Å². The second-order valence-electron chi connectivity index (χ2n) is 8.49. The topological polar surface area (TPSA) is 82.6 Å². The zero-order valence-corrected chi connectivity index (χ0v) is 20.7. The molecule has 1 N–H and O–H groups in total. The maximum absolute atomic E-state index is 12.3. The second-order valence-corrected chi connectivity index (χ2v) is 11.6. The molecule has 7 nitrogen and oxygen atoms in total. The molecule has 33 heavy (non-hydrogen) atoms. The molecule has 0 atom stereocenters. The van der Waals surface area contributed by atoms with Gasteiger partial charge in [0.2, 0.25) is 5.91 Å². The lowest BCUT2D eigenvalue weighted by molar-refractivity contribution is -0.120. The van der Waals surface area contributed by atoms with Gasteiger partial charge in [-0.05, 0) is 43.2 Å². The maximum atomic E-state index is 12.3. The van der Waals surface area contributed by atoms with Crippen LogP contribution in [-0.4, -0.2) is 69.2 Å². The molecule has 4 rings (SSSR count). The summed E-state index contributed by atoms with van der Waals surface area (Å²) in [4.78, 5) is 21.9. The Hall–Kier alpha value is -2.49. The van der Waals surface area contributed by atoms with Crippen molar-refractivity contribution in [2.75, 3.05) is 49.9 Å². The minimum atomic E-state index is -3.43. The number of nitrogens with one attached hydrogen (secondary N) is 1. The largest absolute Gasteiger partial charge is 0.355 e. The number of aryl methyl sites for hydroxylation is 2. The van der Waals surface area contributed by atoms with Gasteiger partial charge in [0, 0.05) is 45.7 Å². The first kappa shape index (κ1) is 23.7. The van der Waals surface area contributed by atoms with Crippen LogP contribution in [0.15, 0.2) is 47.4 Å². The van der Waals surface area contributed by atoms with Crippen LogP contribution in [0.2, 0.25) is 0 Å². The van der Waals surface area contributed by atoms with E-state index >= 15 is 0 Å². The third-order valence-corrected chi connectivity index (χ3v) is 8.90. The number of amides is 1. The monoisotopic (exact) mass is 486 g/mol. The molecule has 1 aliphatic heterocycles. The van der Waals surface area contributed by atoms with E-state index in [1.807, 2.05) is 0 Å². The Balaban J connectivity index is 1.19. The van der Waals surface area contributed by atoms with Crippen LogP contribution in [0.1, 0.15) is 17.5 Å². The normalized spacial score (nSPS) is 15.2. The fourth-order valence-corrected chi connectivity index (χ4v) is 6.41. The zero-order valence-electron chi connectivity index (χ0n) is 19.1. The average Bonchev–Trinajstić information content (AvgIpc) is 3.23. The number of sulfone groups is 1. The summed E-state index contributed by atoms with van der Waals surface area (Å²) in [6.07, 6.45) is -0.0263. The average molecular weight is 487 g/mol. The van der Waals surface area contributed by atoms with Gasteiger partial charge in [0.15, 0.2) is 15.0 Å². The summed E-state index contributed by atoms with van der Waals surface area (Å²) in [5.74, 6) is -0.406. The molecule has 2 heterocycles. The van der Waals surface area contributed by atoms with Crippen LogP contribution < -0.4 is 10.2 Å². The van der Waals surface area contributed by atoms with Crippen molar-refractivity contribution in [3.05, 3.63) is 53.6 Å². The van der Waals surface area contributed by atoms with Crippen molar-refractivity contribution in [1.82, 2.24) is 15.2 Å².